The van der Waals surface area contributed by atoms with Crippen molar-refractivity contribution in [2.45, 2.75) is 20.3 Å². The number of nitrogens with zero attached hydrogens (tertiary/aromatic N) is 2. The van der Waals surface area contributed by atoms with Crippen molar-refractivity contribution in [2.75, 3.05) is 31.9 Å². The zero-order chi connectivity index (χ0) is 12.7. The summed E-state index contributed by atoms with van der Waals surface area (Å²) < 4.78 is 0. The van der Waals surface area contributed by atoms with Gasteiger partial charge in [0.05, 0.1) is 6.20 Å². The maximum absolute atomic E-state index is 11.7. The van der Waals surface area contributed by atoms with Crippen LogP contribution < -0.4 is 11.1 Å². The molecule has 1 heterocycles. The lowest BCUT2D eigenvalue weighted by Crippen LogP contribution is -2.35. The topological polar surface area (TPSA) is 87.0 Å². The summed E-state index contributed by atoms with van der Waals surface area (Å²) in [5.74, 6) is 0.132. The minimum Gasteiger partial charge on any atom is -0.383 e. The molecular weight excluding hydrogens is 218 g/mol. The van der Waals surface area contributed by atoms with E-state index in [1.807, 2.05) is 0 Å². The number of nitrogens with two attached hydrogens (primary N) is 1. The van der Waals surface area contributed by atoms with Gasteiger partial charge in [0.15, 0.2) is 0 Å². The van der Waals surface area contributed by atoms with E-state index in [9.17, 15) is 4.79 Å². The number of aromatic amines is 1. The number of anilines is 1. The lowest BCUT2D eigenvalue weighted by molar-refractivity contribution is 0.0949. The Hall–Kier alpha value is -1.56. The summed E-state index contributed by atoms with van der Waals surface area (Å²) in [6, 6.07) is 0. The largest absolute Gasteiger partial charge is 0.383 e. The van der Waals surface area contributed by atoms with Crippen LogP contribution in [-0.2, 0) is 0 Å². The molecule has 1 aromatic rings. The molecule has 0 spiro atoms. The highest BCUT2D eigenvalue weighted by Crippen LogP contribution is 2.04. The lowest BCUT2D eigenvalue weighted by Gasteiger charge is -2.19. The molecule has 0 saturated heterocycles. The van der Waals surface area contributed by atoms with Gasteiger partial charge in [-0.2, -0.15) is 5.10 Å². The quantitative estimate of drug-likeness (QED) is 0.645. The average molecular weight is 239 g/mol. The van der Waals surface area contributed by atoms with Crippen molar-refractivity contribution in [1.29, 1.82) is 0 Å². The molecule has 1 aromatic heterocycles. The molecular formula is C11H21N5O. The van der Waals surface area contributed by atoms with E-state index in [-0.39, 0.29) is 5.91 Å². The number of carbonyl (C=O) groups excluding carboxylic acids is 1. The van der Waals surface area contributed by atoms with Gasteiger partial charge >= 0.3 is 0 Å². The number of hydrogen-bond donors (Lipinski definition) is 3. The Labute approximate surface area is 102 Å². The SMILES string of the molecule is CCCN(CC)CCNC(=O)c1cn[nH]c1N. The molecule has 4 N–H and O–H groups in total. The predicted octanol–water partition coefficient (Wildman–Crippen LogP) is 0.454. The summed E-state index contributed by atoms with van der Waals surface area (Å²) in [4.78, 5) is 14.0. The van der Waals surface area contributed by atoms with E-state index in [4.69, 9.17) is 5.73 Å². The Balaban J connectivity index is 2.31. The molecule has 0 saturated carbocycles. The van der Waals surface area contributed by atoms with Gasteiger partial charge in [0.2, 0.25) is 0 Å². The van der Waals surface area contributed by atoms with E-state index < -0.39 is 0 Å². The monoisotopic (exact) mass is 239 g/mol. The Bertz CT molecular complexity index is 349. The van der Waals surface area contributed by atoms with Gasteiger partial charge in [0.1, 0.15) is 11.4 Å². The van der Waals surface area contributed by atoms with Crippen molar-refractivity contribution >= 4 is 11.7 Å². The second-order valence-corrected chi connectivity index (χ2v) is 3.89. The maximum atomic E-state index is 11.7. The van der Waals surface area contributed by atoms with Crippen molar-refractivity contribution in [3.05, 3.63) is 11.8 Å². The molecule has 0 aromatic carbocycles. The fraction of sp³-hybridized carbons (Fsp3) is 0.636. The summed E-state index contributed by atoms with van der Waals surface area (Å²) in [5.41, 5.74) is 5.96. The van der Waals surface area contributed by atoms with E-state index >= 15 is 0 Å². The first-order valence-electron chi connectivity index (χ1n) is 5.98. The molecule has 17 heavy (non-hydrogen) atoms. The van der Waals surface area contributed by atoms with Crippen LogP contribution in [0.5, 0.6) is 0 Å². The van der Waals surface area contributed by atoms with Crippen molar-refractivity contribution in [2.24, 2.45) is 0 Å². The minimum absolute atomic E-state index is 0.177. The predicted molar refractivity (Wildman–Crippen MR) is 67.7 cm³/mol. The third-order valence-electron chi connectivity index (χ3n) is 2.61. The zero-order valence-electron chi connectivity index (χ0n) is 10.5. The van der Waals surface area contributed by atoms with Crippen LogP contribution in [-0.4, -0.2) is 47.2 Å². The molecule has 0 aliphatic rings. The number of likely N-dealkylation sites (N-methyl/N-ethyl adjacent to an activating group) is 1. The van der Waals surface area contributed by atoms with E-state index in [1.165, 1.54) is 6.20 Å². The first-order chi connectivity index (χ1) is 8.19. The highest BCUT2D eigenvalue weighted by atomic mass is 16.1. The highest BCUT2D eigenvalue weighted by Gasteiger charge is 2.11. The van der Waals surface area contributed by atoms with Crippen LogP contribution in [0, 0.1) is 0 Å². The Morgan fingerprint density at radius 1 is 1.53 bits per heavy atom. The number of nitrogens with one attached hydrogen (secondary N) is 2. The van der Waals surface area contributed by atoms with Crippen LogP contribution in [0.25, 0.3) is 0 Å². The Morgan fingerprint density at radius 2 is 2.29 bits per heavy atom. The van der Waals surface area contributed by atoms with Crippen molar-refractivity contribution in [1.82, 2.24) is 20.4 Å². The summed E-state index contributed by atoms with van der Waals surface area (Å²) in [6.45, 7) is 7.79. The van der Waals surface area contributed by atoms with Gasteiger partial charge in [-0.1, -0.05) is 13.8 Å². The molecule has 0 bridgehead atoms. The van der Waals surface area contributed by atoms with Crippen molar-refractivity contribution in [3.63, 3.8) is 0 Å². The number of H-pyrrole nitrogens is 1. The Morgan fingerprint density at radius 3 is 2.82 bits per heavy atom. The fourth-order valence-corrected chi connectivity index (χ4v) is 1.64. The summed E-state index contributed by atoms with van der Waals surface area (Å²) >= 11 is 0. The van der Waals surface area contributed by atoms with Crippen LogP contribution in [0.4, 0.5) is 5.82 Å². The Kier molecular flexibility index (Phi) is 5.48. The van der Waals surface area contributed by atoms with Crippen molar-refractivity contribution < 1.29 is 4.79 Å². The van der Waals surface area contributed by atoms with E-state index in [0.717, 1.165) is 26.1 Å². The second-order valence-electron chi connectivity index (χ2n) is 3.89. The fourth-order valence-electron chi connectivity index (χ4n) is 1.64. The third-order valence-corrected chi connectivity index (χ3v) is 2.61. The smallest absolute Gasteiger partial charge is 0.256 e. The van der Waals surface area contributed by atoms with Gasteiger partial charge in [0.25, 0.3) is 5.91 Å². The van der Waals surface area contributed by atoms with Crippen LogP contribution in [0.3, 0.4) is 0 Å². The number of carbonyl (C=O) groups is 1. The van der Waals surface area contributed by atoms with Crippen LogP contribution >= 0.6 is 0 Å². The van der Waals surface area contributed by atoms with E-state index in [1.54, 1.807) is 0 Å². The maximum Gasteiger partial charge on any atom is 0.256 e. The first-order valence-corrected chi connectivity index (χ1v) is 5.98. The van der Waals surface area contributed by atoms with Gasteiger partial charge in [-0.3, -0.25) is 9.89 Å². The molecule has 6 heteroatoms. The van der Waals surface area contributed by atoms with Crippen LogP contribution in [0.15, 0.2) is 6.20 Å². The molecule has 1 rings (SSSR count). The van der Waals surface area contributed by atoms with Gasteiger partial charge < -0.3 is 16.0 Å². The molecule has 0 unspecified atom stereocenters. The second kappa shape index (κ2) is 6.90. The number of nitrogen functional groups attached to an aromatic ring is 1. The number of hydrogen-bond acceptors (Lipinski definition) is 4. The minimum atomic E-state index is -0.177. The molecule has 0 radical (unpaired) electrons. The third kappa shape index (κ3) is 4.07. The summed E-state index contributed by atoms with van der Waals surface area (Å²) in [6.07, 6.45) is 2.56. The normalized spacial score (nSPS) is 10.8. The average Bonchev–Trinajstić information content (AvgIpc) is 2.74. The zero-order valence-corrected chi connectivity index (χ0v) is 10.5. The number of aromatic nitrogens is 2. The summed E-state index contributed by atoms with van der Waals surface area (Å²) in [7, 11) is 0. The van der Waals surface area contributed by atoms with Crippen LogP contribution in [0.2, 0.25) is 0 Å². The molecule has 0 aliphatic carbocycles. The van der Waals surface area contributed by atoms with Gasteiger partial charge in [-0.25, -0.2) is 0 Å². The molecule has 0 aliphatic heterocycles. The number of rotatable bonds is 7. The highest BCUT2D eigenvalue weighted by molar-refractivity contribution is 5.98. The molecule has 0 fully saturated rings. The van der Waals surface area contributed by atoms with Gasteiger partial charge in [0, 0.05) is 13.1 Å². The van der Waals surface area contributed by atoms with Gasteiger partial charge in [-0.15, -0.1) is 0 Å². The molecule has 96 valence electrons. The van der Waals surface area contributed by atoms with E-state index in [0.29, 0.717) is 17.9 Å². The molecule has 6 nitrogen and oxygen atoms in total. The van der Waals surface area contributed by atoms with E-state index in [2.05, 4.69) is 34.3 Å². The molecule has 0 atom stereocenters. The summed E-state index contributed by atoms with van der Waals surface area (Å²) in [5, 5.41) is 9.08. The standard InChI is InChI=1S/C11H21N5O/c1-3-6-16(4-2)7-5-13-11(17)9-8-14-15-10(9)12/h8H,3-7H2,1-2H3,(H,13,17)(H3,12,14,15). The van der Waals surface area contributed by atoms with Gasteiger partial charge in [-0.05, 0) is 19.5 Å². The first kappa shape index (κ1) is 13.5. The molecule has 1 amide bonds. The van der Waals surface area contributed by atoms with Crippen molar-refractivity contribution in [3.8, 4) is 0 Å². The number of amides is 1. The lowest BCUT2D eigenvalue weighted by atomic mass is 10.3. The van der Waals surface area contributed by atoms with Crippen LogP contribution in [0.1, 0.15) is 30.6 Å².